The van der Waals surface area contributed by atoms with Gasteiger partial charge in [0.1, 0.15) is 5.82 Å². The Bertz CT molecular complexity index is 355. The Kier molecular flexibility index (Phi) is 3.70. The van der Waals surface area contributed by atoms with E-state index in [-0.39, 0.29) is 11.9 Å². The Hall–Kier alpha value is -1.47. The Morgan fingerprint density at radius 1 is 1.29 bits per heavy atom. The molecular weight excluding hydrogens is 218 g/mol. The fourth-order valence-corrected chi connectivity index (χ4v) is 2.12. The summed E-state index contributed by atoms with van der Waals surface area (Å²) in [5.41, 5.74) is 11.1. The van der Waals surface area contributed by atoms with Crippen molar-refractivity contribution in [1.82, 2.24) is 25.2 Å². The molecule has 0 bridgehead atoms. The van der Waals surface area contributed by atoms with E-state index in [0.717, 1.165) is 13.1 Å². The molecule has 0 amide bonds. The first-order valence-electron chi connectivity index (χ1n) is 5.81. The molecule has 2 heterocycles. The molecule has 94 valence electrons. The first kappa shape index (κ1) is 12.0. The second-order valence-corrected chi connectivity index (χ2v) is 4.46. The zero-order chi connectivity index (χ0) is 12.3. The molecule has 1 atom stereocenters. The molecule has 7 heteroatoms. The van der Waals surface area contributed by atoms with Crippen molar-refractivity contribution >= 4 is 11.9 Å². The third-order valence-electron chi connectivity index (χ3n) is 2.82. The van der Waals surface area contributed by atoms with Crippen molar-refractivity contribution in [2.75, 3.05) is 31.6 Å². The highest BCUT2D eigenvalue weighted by atomic mass is 15.2. The molecule has 1 unspecified atom stereocenters. The van der Waals surface area contributed by atoms with Crippen LogP contribution < -0.4 is 16.8 Å². The first-order valence-corrected chi connectivity index (χ1v) is 5.81. The van der Waals surface area contributed by atoms with Gasteiger partial charge in [-0.2, -0.15) is 15.0 Å². The number of nitrogens with two attached hydrogens (primary N) is 2. The second kappa shape index (κ2) is 5.24. The minimum absolute atomic E-state index is 0.180. The summed E-state index contributed by atoms with van der Waals surface area (Å²) in [6.45, 7) is 2.73. The van der Waals surface area contributed by atoms with Crippen LogP contribution in [0.2, 0.25) is 0 Å². The molecule has 1 aliphatic heterocycles. The van der Waals surface area contributed by atoms with Crippen LogP contribution in [0.3, 0.4) is 0 Å². The van der Waals surface area contributed by atoms with Crippen LogP contribution in [0.1, 0.15) is 18.7 Å². The largest absolute Gasteiger partial charge is 0.368 e. The van der Waals surface area contributed by atoms with E-state index in [1.165, 1.54) is 12.8 Å². The number of hydrogen-bond donors (Lipinski definition) is 3. The fourth-order valence-electron chi connectivity index (χ4n) is 2.12. The zero-order valence-electron chi connectivity index (χ0n) is 10.1. The van der Waals surface area contributed by atoms with Crippen molar-refractivity contribution in [1.29, 1.82) is 0 Å². The molecular formula is C10H19N7. The molecule has 0 aromatic carbocycles. The average Bonchev–Trinajstić information content (AvgIpc) is 2.67. The molecule has 1 aromatic heterocycles. The maximum Gasteiger partial charge on any atom is 0.225 e. The molecule has 1 fully saturated rings. The van der Waals surface area contributed by atoms with Crippen LogP contribution in [-0.4, -0.2) is 46.0 Å². The summed E-state index contributed by atoms with van der Waals surface area (Å²) in [5, 5.41) is 3.45. The number of hydrogen-bond acceptors (Lipinski definition) is 7. The highest BCUT2D eigenvalue weighted by molar-refractivity contribution is 5.25. The number of likely N-dealkylation sites (N-methyl/N-ethyl adjacent to an activating group) is 1. The number of nitrogens with zero attached hydrogens (tertiary/aromatic N) is 4. The van der Waals surface area contributed by atoms with Gasteiger partial charge in [0.25, 0.3) is 0 Å². The highest BCUT2D eigenvalue weighted by Gasteiger charge is 2.16. The van der Waals surface area contributed by atoms with Gasteiger partial charge in [-0.1, -0.05) is 0 Å². The SMILES string of the molecule is CN(Cc1nc(N)nc(N)n1)CC1CCCN1. The van der Waals surface area contributed by atoms with Crippen LogP contribution in [0.25, 0.3) is 0 Å². The highest BCUT2D eigenvalue weighted by Crippen LogP contribution is 2.08. The number of aromatic nitrogens is 3. The van der Waals surface area contributed by atoms with Gasteiger partial charge in [0.15, 0.2) is 0 Å². The van der Waals surface area contributed by atoms with E-state index >= 15 is 0 Å². The van der Waals surface area contributed by atoms with Gasteiger partial charge in [0.05, 0.1) is 6.54 Å². The van der Waals surface area contributed by atoms with E-state index in [1.54, 1.807) is 0 Å². The van der Waals surface area contributed by atoms with Gasteiger partial charge < -0.3 is 16.8 Å². The number of nitrogen functional groups attached to an aromatic ring is 2. The lowest BCUT2D eigenvalue weighted by Crippen LogP contribution is -2.35. The summed E-state index contributed by atoms with van der Waals surface area (Å²) in [6, 6.07) is 0.566. The van der Waals surface area contributed by atoms with Gasteiger partial charge in [-0.3, -0.25) is 4.90 Å². The third kappa shape index (κ3) is 3.50. The molecule has 2 rings (SSSR count). The Morgan fingerprint density at radius 2 is 2.00 bits per heavy atom. The summed E-state index contributed by atoms with van der Waals surface area (Å²) in [6.07, 6.45) is 2.48. The zero-order valence-corrected chi connectivity index (χ0v) is 10.1. The number of anilines is 2. The number of rotatable bonds is 4. The topological polar surface area (TPSA) is 106 Å². The lowest BCUT2D eigenvalue weighted by atomic mass is 10.2. The van der Waals surface area contributed by atoms with Gasteiger partial charge >= 0.3 is 0 Å². The predicted molar refractivity (Wildman–Crippen MR) is 66.0 cm³/mol. The minimum atomic E-state index is 0.180. The van der Waals surface area contributed by atoms with Gasteiger partial charge in [-0.15, -0.1) is 0 Å². The quantitative estimate of drug-likeness (QED) is 0.630. The summed E-state index contributed by atoms with van der Waals surface area (Å²) in [4.78, 5) is 14.0. The minimum Gasteiger partial charge on any atom is -0.368 e. The molecule has 17 heavy (non-hydrogen) atoms. The second-order valence-electron chi connectivity index (χ2n) is 4.46. The van der Waals surface area contributed by atoms with Crippen LogP contribution in [-0.2, 0) is 6.54 Å². The molecule has 7 nitrogen and oxygen atoms in total. The smallest absolute Gasteiger partial charge is 0.225 e. The predicted octanol–water partition coefficient (Wildman–Crippen LogP) is -0.780. The lowest BCUT2D eigenvalue weighted by molar-refractivity contribution is 0.286. The molecule has 0 spiro atoms. The van der Waals surface area contributed by atoms with Crippen LogP contribution in [0.4, 0.5) is 11.9 Å². The van der Waals surface area contributed by atoms with E-state index in [2.05, 4.69) is 25.2 Å². The summed E-state index contributed by atoms with van der Waals surface area (Å²) in [5.74, 6) is 0.982. The summed E-state index contributed by atoms with van der Waals surface area (Å²) >= 11 is 0. The van der Waals surface area contributed by atoms with Crippen molar-refractivity contribution in [2.24, 2.45) is 0 Å². The normalized spacial score (nSPS) is 20.0. The summed E-state index contributed by atoms with van der Waals surface area (Å²) in [7, 11) is 2.04. The summed E-state index contributed by atoms with van der Waals surface area (Å²) < 4.78 is 0. The molecule has 1 saturated heterocycles. The van der Waals surface area contributed by atoms with E-state index in [0.29, 0.717) is 18.4 Å². The van der Waals surface area contributed by atoms with Crippen molar-refractivity contribution in [3.05, 3.63) is 5.82 Å². The van der Waals surface area contributed by atoms with Gasteiger partial charge in [-0.25, -0.2) is 0 Å². The first-order chi connectivity index (χ1) is 8.13. The Balaban J connectivity index is 1.90. The Morgan fingerprint density at radius 3 is 2.59 bits per heavy atom. The molecule has 1 aliphatic rings. The van der Waals surface area contributed by atoms with Crippen molar-refractivity contribution in [2.45, 2.75) is 25.4 Å². The molecule has 0 radical (unpaired) electrons. The maximum atomic E-state index is 5.53. The van der Waals surface area contributed by atoms with Crippen LogP contribution in [0.5, 0.6) is 0 Å². The van der Waals surface area contributed by atoms with E-state index < -0.39 is 0 Å². The lowest BCUT2D eigenvalue weighted by Gasteiger charge is -2.20. The van der Waals surface area contributed by atoms with E-state index in [4.69, 9.17) is 11.5 Å². The van der Waals surface area contributed by atoms with Crippen LogP contribution in [0.15, 0.2) is 0 Å². The monoisotopic (exact) mass is 237 g/mol. The van der Waals surface area contributed by atoms with Crippen molar-refractivity contribution < 1.29 is 0 Å². The molecule has 0 saturated carbocycles. The van der Waals surface area contributed by atoms with Crippen molar-refractivity contribution in [3.8, 4) is 0 Å². The van der Waals surface area contributed by atoms with Gasteiger partial charge in [0.2, 0.25) is 11.9 Å². The standard InChI is InChI=1S/C10H19N7/c1-17(5-7-3-2-4-13-7)6-8-14-9(11)16-10(12)15-8/h7,13H,2-6H2,1H3,(H4,11,12,14,15,16). The van der Waals surface area contributed by atoms with E-state index in [1.807, 2.05) is 7.05 Å². The average molecular weight is 237 g/mol. The third-order valence-corrected chi connectivity index (χ3v) is 2.82. The van der Waals surface area contributed by atoms with E-state index in [9.17, 15) is 0 Å². The van der Waals surface area contributed by atoms with Crippen LogP contribution >= 0.6 is 0 Å². The van der Waals surface area contributed by atoms with Gasteiger partial charge in [0, 0.05) is 12.6 Å². The molecule has 0 aliphatic carbocycles. The fraction of sp³-hybridized carbons (Fsp3) is 0.700. The number of nitrogens with one attached hydrogen (secondary N) is 1. The van der Waals surface area contributed by atoms with Gasteiger partial charge in [-0.05, 0) is 26.4 Å². The van der Waals surface area contributed by atoms with Crippen molar-refractivity contribution in [3.63, 3.8) is 0 Å². The Labute approximate surface area is 101 Å². The molecule has 1 aromatic rings. The maximum absolute atomic E-state index is 5.53. The van der Waals surface area contributed by atoms with Crippen LogP contribution in [0, 0.1) is 0 Å². The molecule has 5 N–H and O–H groups in total.